The normalized spacial score (nSPS) is 10.6. The lowest BCUT2D eigenvalue weighted by Gasteiger charge is -2.10. The first-order chi connectivity index (χ1) is 14.2. The van der Waals surface area contributed by atoms with Crippen LogP contribution in [0.4, 0.5) is 0 Å². The first-order valence-corrected chi connectivity index (χ1v) is 9.41. The molecule has 0 fully saturated rings. The second-order valence-electron chi connectivity index (χ2n) is 6.83. The topological polar surface area (TPSA) is 61.6 Å². The zero-order chi connectivity index (χ0) is 20.1. The van der Waals surface area contributed by atoms with Crippen LogP contribution in [0.5, 0.6) is 17.2 Å². The van der Waals surface area contributed by atoms with Crippen molar-refractivity contribution in [3.63, 3.8) is 0 Å². The van der Waals surface area contributed by atoms with E-state index in [9.17, 15) is 4.79 Å². The summed E-state index contributed by atoms with van der Waals surface area (Å²) in [7, 11) is 0. The molecule has 0 aliphatic heterocycles. The molecule has 0 aliphatic carbocycles. The van der Waals surface area contributed by atoms with Gasteiger partial charge in [-0.15, -0.1) is 0 Å². The summed E-state index contributed by atoms with van der Waals surface area (Å²) in [6, 6.07) is 29.4. The van der Waals surface area contributed by atoms with E-state index in [1.54, 1.807) is 0 Å². The standard InChI is InChI=1S/C25H21NO3/c26-25(27)14-18-6-10-22(11-7-18)29-24-13-9-20-15-23(12-8-21(20)16-24)28-17-19-4-2-1-3-5-19/h1-13,15-16H,14,17H2,(H2,26,27). The Morgan fingerprint density at radius 1 is 0.690 bits per heavy atom. The van der Waals surface area contributed by atoms with Crippen LogP contribution in [-0.4, -0.2) is 5.91 Å². The van der Waals surface area contributed by atoms with Crippen molar-refractivity contribution in [1.82, 2.24) is 0 Å². The van der Waals surface area contributed by atoms with Crippen molar-refractivity contribution in [1.29, 1.82) is 0 Å². The third kappa shape index (κ3) is 4.93. The van der Waals surface area contributed by atoms with Gasteiger partial charge in [-0.2, -0.15) is 0 Å². The number of hydrogen-bond acceptors (Lipinski definition) is 3. The van der Waals surface area contributed by atoms with Crippen molar-refractivity contribution < 1.29 is 14.3 Å². The minimum atomic E-state index is -0.347. The first kappa shape index (κ1) is 18.6. The van der Waals surface area contributed by atoms with Gasteiger partial charge in [-0.3, -0.25) is 4.79 Å². The maximum Gasteiger partial charge on any atom is 0.221 e. The van der Waals surface area contributed by atoms with E-state index in [-0.39, 0.29) is 12.3 Å². The molecule has 0 saturated carbocycles. The molecular weight excluding hydrogens is 362 g/mol. The van der Waals surface area contributed by atoms with Crippen LogP contribution in [0.15, 0.2) is 91.0 Å². The molecule has 4 aromatic carbocycles. The van der Waals surface area contributed by atoms with E-state index in [1.807, 2.05) is 91.0 Å². The van der Waals surface area contributed by atoms with E-state index in [0.717, 1.165) is 33.4 Å². The molecule has 4 aromatic rings. The lowest BCUT2D eigenvalue weighted by Crippen LogP contribution is -2.13. The summed E-state index contributed by atoms with van der Waals surface area (Å²) in [5.74, 6) is 1.94. The van der Waals surface area contributed by atoms with Gasteiger partial charge in [0, 0.05) is 0 Å². The Hall–Kier alpha value is -3.79. The molecule has 2 N–H and O–H groups in total. The summed E-state index contributed by atoms with van der Waals surface area (Å²) in [5, 5.41) is 2.15. The number of nitrogens with two attached hydrogens (primary N) is 1. The van der Waals surface area contributed by atoms with Crippen molar-refractivity contribution in [2.45, 2.75) is 13.0 Å². The summed E-state index contributed by atoms with van der Waals surface area (Å²) in [6.07, 6.45) is 0.227. The molecule has 0 aliphatic rings. The molecule has 0 radical (unpaired) electrons. The van der Waals surface area contributed by atoms with Crippen LogP contribution in [-0.2, 0) is 17.8 Å². The number of primary amides is 1. The van der Waals surface area contributed by atoms with Gasteiger partial charge in [-0.25, -0.2) is 0 Å². The third-order valence-corrected chi connectivity index (χ3v) is 4.57. The van der Waals surface area contributed by atoms with Crippen molar-refractivity contribution in [3.8, 4) is 17.2 Å². The predicted molar refractivity (Wildman–Crippen MR) is 114 cm³/mol. The Morgan fingerprint density at radius 2 is 1.31 bits per heavy atom. The Labute approximate surface area is 169 Å². The molecule has 0 bridgehead atoms. The number of rotatable bonds is 7. The highest BCUT2D eigenvalue weighted by Crippen LogP contribution is 2.28. The third-order valence-electron chi connectivity index (χ3n) is 4.57. The quantitative estimate of drug-likeness (QED) is 0.475. The molecule has 29 heavy (non-hydrogen) atoms. The van der Waals surface area contributed by atoms with E-state index in [0.29, 0.717) is 12.4 Å². The number of carbonyl (C=O) groups is 1. The highest BCUT2D eigenvalue weighted by molar-refractivity contribution is 5.85. The fourth-order valence-corrected chi connectivity index (χ4v) is 3.11. The zero-order valence-electron chi connectivity index (χ0n) is 15.9. The monoisotopic (exact) mass is 383 g/mol. The minimum Gasteiger partial charge on any atom is -0.489 e. The van der Waals surface area contributed by atoms with E-state index < -0.39 is 0 Å². The molecule has 0 atom stereocenters. The summed E-state index contributed by atoms with van der Waals surface area (Å²) in [4.78, 5) is 11.0. The van der Waals surface area contributed by atoms with Crippen LogP contribution in [0.3, 0.4) is 0 Å². The highest BCUT2D eigenvalue weighted by atomic mass is 16.5. The van der Waals surface area contributed by atoms with Crippen molar-refractivity contribution in [2.75, 3.05) is 0 Å². The molecule has 0 saturated heterocycles. The number of hydrogen-bond donors (Lipinski definition) is 1. The van der Waals surface area contributed by atoms with Crippen molar-refractivity contribution in [3.05, 3.63) is 102 Å². The van der Waals surface area contributed by atoms with Gasteiger partial charge < -0.3 is 15.2 Å². The summed E-state index contributed by atoms with van der Waals surface area (Å²) >= 11 is 0. The molecule has 4 rings (SSSR count). The SMILES string of the molecule is NC(=O)Cc1ccc(Oc2ccc3cc(OCc4ccccc4)ccc3c2)cc1. The summed E-state index contributed by atoms with van der Waals surface area (Å²) in [6.45, 7) is 0.541. The summed E-state index contributed by atoms with van der Waals surface area (Å²) < 4.78 is 11.8. The van der Waals surface area contributed by atoms with E-state index in [2.05, 4.69) is 0 Å². The van der Waals surface area contributed by atoms with Gasteiger partial charge in [0.15, 0.2) is 0 Å². The average molecular weight is 383 g/mol. The van der Waals surface area contributed by atoms with Gasteiger partial charge in [0.2, 0.25) is 5.91 Å². The van der Waals surface area contributed by atoms with Crippen LogP contribution in [0.2, 0.25) is 0 Å². The molecule has 0 heterocycles. The van der Waals surface area contributed by atoms with Gasteiger partial charge in [-0.05, 0) is 58.3 Å². The van der Waals surface area contributed by atoms with Crippen LogP contribution < -0.4 is 15.2 Å². The first-order valence-electron chi connectivity index (χ1n) is 9.41. The number of benzene rings is 4. The lowest BCUT2D eigenvalue weighted by molar-refractivity contribution is -0.117. The van der Waals surface area contributed by atoms with Crippen molar-refractivity contribution >= 4 is 16.7 Å². The van der Waals surface area contributed by atoms with Crippen LogP contribution in [0, 0.1) is 0 Å². The molecule has 0 unspecified atom stereocenters. The van der Waals surface area contributed by atoms with Crippen LogP contribution >= 0.6 is 0 Å². The maximum absolute atomic E-state index is 11.0. The lowest BCUT2D eigenvalue weighted by atomic mass is 10.1. The predicted octanol–water partition coefficient (Wildman–Crippen LogP) is 5.24. The zero-order valence-corrected chi connectivity index (χ0v) is 15.9. The Morgan fingerprint density at radius 3 is 2.00 bits per heavy atom. The van der Waals surface area contributed by atoms with Crippen molar-refractivity contribution in [2.24, 2.45) is 5.73 Å². The van der Waals surface area contributed by atoms with E-state index in [1.165, 1.54) is 0 Å². The molecule has 0 spiro atoms. The smallest absolute Gasteiger partial charge is 0.221 e. The Balaban J connectivity index is 1.44. The Bertz CT molecular complexity index is 1120. The molecule has 4 heteroatoms. The molecular formula is C25H21NO3. The second kappa shape index (κ2) is 8.48. The van der Waals surface area contributed by atoms with Gasteiger partial charge in [-0.1, -0.05) is 54.6 Å². The van der Waals surface area contributed by atoms with Gasteiger partial charge in [0.05, 0.1) is 6.42 Å². The Kier molecular flexibility index (Phi) is 5.43. The number of ether oxygens (including phenoxy) is 2. The fourth-order valence-electron chi connectivity index (χ4n) is 3.11. The molecule has 0 aromatic heterocycles. The largest absolute Gasteiger partial charge is 0.489 e. The van der Waals surface area contributed by atoms with Gasteiger partial charge >= 0.3 is 0 Å². The second-order valence-corrected chi connectivity index (χ2v) is 6.83. The average Bonchev–Trinajstić information content (AvgIpc) is 2.74. The number of amides is 1. The molecule has 144 valence electrons. The number of carbonyl (C=O) groups excluding carboxylic acids is 1. The minimum absolute atomic E-state index is 0.227. The van der Waals surface area contributed by atoms with Gasteiger partial charge in [0.1, 0.15) is 23.9 Å². The highest BCUT2D eigenvalue weighted by Gasteiger charge is 2.04. The maximum atomic E-state index is 11.0. The van der Waals surface area contributed by atoms with E-state index in [4.69, 9.17) is 15.2 Å². The van der Waals surface area contributed by atoms with E-state index >= 15 is 0 Å². The fraction of sp³-hybridized carbons (Fsp3) is 0.0800. The molecule has 4 nitrogen and oxygen atoms in total. The van der Waals surface area contributed by atoms with Crippen LogP contribution in [0.25, 0.3) is 10.8 Å². The van der Waals surface area contributed by atoms with Crippen LogP contribution in [0.1, 0.15) is 11.1 Å². The molecule has 1 amide bonds. The van der Waals surface area contributed by atoms with Gasteiger partial charge in [0.25, 0.3) is 0 Å². The summed E-state index contributed by atoms with van der Waals surface area (Å²) in [5.41, 5.74) is 7.22. The number of fused-ring (bicyclic) bond motifs is 1.